The molecule has 0 fully saturated rings. The summed E-state index contributed by atoms with van der Waals surface area (Å²) in [7, 11) is -2.42. The van der Waals surface area contributed by atoms with Crippen molar-refractivity contribution < 1.29 is 13.2 Å². The molecule has 0 aliphatic carbocycles. The number of rotatable bonds is 5. The Balaban J connectivity index is 1.93. The summed E-state index contributed by atoms with van der Waals surface area (Å²) in [6, 6.07) is 17.7. The minimum atomic E-state index is -3.83. The Morgan fingerprint density at radius 3 is 2.28 bits per heavy atom. The molecule has 0 bridgehead atoms. The summed E-state index contributed by atoms with van der Waals surface area (Å²) in [5.74, 6) is -0.427. The first kappa shape index (κ1) is 21.2. The van der Waals surface area contributed by atoms with Crippen molar-refractivity contribution in [3.8, 4) is 0 Å². The Kier molecular flexibility index (Phi) is 6.17. The highest BCUT2D eigenvalue weighted by Crippen LogP contribution is 2.28. The molecule has 0 unspecified atom stereocenters. The van der Waals surface area contributed by atoms with E-state index in [2.05, 4.69) is 5.32 Å². The molecule has 1 N–H and O–H groups in total. The third-order valence-corrected chi connectivity index (χ3v) is 6.80. The lowest BCUT2D eigenvalue weighted by Crippen LogP contribution is -2.27. The van der Waals surface area contributed by atoms with Crippen LogP contribution in [0.25, 0.3) is 0 Å². The van der Waals surface area contributed by atoms with Crippen LogP contribution in [0.15, 0.2) is 71.6 Å². The lowest BCUT2D eigenvalue weighted by atomic mass is 10.1. The number of benzene rings is 3. The molecule has 0 radical (unpaired) electrons. The van der Waals surface area contributed by atoms with Crippen LogP contribution >= 0.6 is 23.2 Å². The van der Waals surface area contributed by atoms with Crippen molar-refractivity contribution in [2.75, 3.05) is 16.7 Å². The molecular weight excluding hydrogens is 431 g/mol. The summed E-state index contributed by atoms with van der Waals surface area (Å²) >= 11 is 12.0. The second-order valence-electron chi connectivity index (χ2n) is 6.36. The maximum absolute atomic E-state index is 12.9. The lowest BCUT2D eigenvalue weighted by Gasteiger charge is -2.20. The van der Waals surface area contributed by atoms with Crippen LogP contribution in [0.1, 0.15) is 15.9 Å². The summed E-state index contributed by atoms with van der Waals surface area (Å²) in [5, 5.41) is 3.46. The number of halogens is 2. The quantitative estimate of drug-likeness (QED) is 0.569. The van der Waals surface area contributed by atoms with Crippen molar-refractivity contribution in [2.24, 2.45) is 0 Å². The Morgan fingerprint density at radius 1 is 0.966 bits per heavy atom. The summed E-state index contributed by atoms with van der Waals surface area (Å²) in [6.07, 6.45) is 0. The van der Waals surface area contributed by atoms with Crippen LogP contribution in [-0.4, -0.2) is 21.4 Å². The Labute approximate surface area is 179 Å². The zero-order valence-electron chi connectivity index (χ0n) is 15.7. The number of sulfonamides is 1. The first-order valence-electron chi connectivity index (χ1n) is 8.61. The van der Waals surface area contributed by atoms with Gasteiger partial charge in [-0.15, -0.1) is 0 Å². The van der Waals surface area contributed by atoms with Gasteiger partial charge >= 0.3 is 0 Å². The number of hydrogen-bond acceptors (Lipinski definition) is 3. The molecule has 0 saturated heterocycles. The molecule has 1 amide bonds. The van der Waals surface area contributed by atoms with E-state index in [-0.39, 0.29) is 15.5 Å². The van der Waals surface area contributed by atoms with Gasteiger partial charge in [0.2, 0.25) is 0 Å². The van der Waals surface area contributed by atoms with Gasteiger partial charge in [-0.2, -0.15) is 0 Å². The first-order valence-corrected chi connectivity index (χ1v) is 10.8. The SMILES string of the molecule is Cc1ccccc1NC(=O)c1cc(N(C)S(=O)(=O)c2ccc(Cl)cc2)ccc1Cl. The molecular formula is C21H18Cl2N2O3S. The smallest absolute Gasteiger partial charge is 0.264 e. The fraction of sp³-hybridized carbons (Fsp3) is 0.0952. The monoisotopic (exact) mass is 448 g/mol. The van der Waals surface area contributed by atoms with E-state index in [1.54, 1.807) is 12.1 Å². The second kappa shape index (κ2) is 8.45. The Morgan fingerprint density at radius 2 is 1.62 bits per heavy atom. The van der Waals surface area contributed by atoms with Crippen LogP contribution in [0.5, 0.6) is 0 Å². The van der Waals surface area contributed by atoms with Gasteiger partial charge in [-0.25, -0.2) is 8.42 Å². The van der Waals surface area contributed by atoms with E-state index in [9.17, 15) is 13.2 Å². The van der Waals surface area contributed by atoms with Crippen molar-refractivity contribution >= 4 is 50.5 Å². The maximum atomic E-state index is 12.9. The molecule has 8 heteroatoms. The van der Waals surface area contributed by atoms with Crippen LogP contribution in [0.4, 0.5) is 11.4 Å². The highest BCUT2D eigenvalue weighted by atomic mass is 35.5. The lowest BCUT2D eigenvalue weighted by molar-refractivity contribution is 0.102. The van der Waals surface area contributed by atoms with Gasteiger partial charge in [0.15, 0.2) is 0 Å². The number of hydrogen-bond donors (Lipinski definition) is 1. The Hall–Kier alpha value is -2.54. The molecule has 0 atom stereocenters. The van der Waals surface area contributed by atoms with Crippen LogP contribution < -0.4 is 9.62 Å². The Bertz CT molecular complexity index is 1160. The average molecular weight is 449 g/mol. The number of nitrogens with zero attached hydrogens (tertiary/aromatic N) is 1. The predicted octanol–water partition coefficient (Wildman–Crippen LogP) is 5.38. The first-order chi connectivity index (χ1) is 13.7. The fourth-order valence-corrected chi connectivity index (χ4v) is 4.21. The summed E-state index contributed by atoms with van der Waals surface area (Å²) in [4.78, 5) is 12.8. The van der Waals surface area contributed by atoms with E-state index in [1.807, 2.05) is 25.1 Å². The van der Waals surface area contributed by atoms with Gasteiger partial charge in [0, 0.05) is 17.8 Å². The minimum Gasteiger partial charge on any atom is -0.322 e. The number of carbonyl (C=O) groups is 1. The van der Waals surface area contributed by atoms with Crippen LogP contribution in [0.2, 0.25) is 10.0 Å². The average Bonchev–Trinajstić information content (AvgIpc) is 2.70. The van der Waals surface area contributed by atoms with E-state index in [0.29, 0.717) is 16.4 Å². The van der Waals surface area contributed by atoms with Crippen molar-refractivity contribution in [1.29, 1.82) is 0 Å². The van der Waals surface area contributed by atoms with Gasteiger partial charge in [0.25, 0.3) is 15.9 Å². The van der Waals surface area contributed by atoms with E-state index >= 15 is 0 Å². The van der Waals surface area contributed by atoms with Crippen LogP contribution in [-0.2, 0) is 10.0 Å². The van der Waals surface area contributed by atoms with Crippen LogP contribution in [0, 0.1) is 6.92 Å². The highest BCUT2D eigenvalue weighted by molar-refractivity contribution is 7.92. The molecule has 5 nitrogen and oxygen atoms in total. The van der Waals surface area contributed by atoms with Gasteiger partial charge in [-0.05, 0) is 61.0 Å². The molecule has 0 aromatic heterocycles. The molecule has 3 aromatic carbocycles. The summed E-state index contributed by atoms with van der Waals surface area (Å²) in [6.45, 7) is 1.88. The molecule has 29 heavy (non-hydrogen) atoms. The maximum Gasteiger partial charge on any atom is 0.264 e. The van der Waals surface area contributed by atoms with E-state index in [1.165, 1.54) is 43.4 Å². The zero-order valence-corrected chi connectivity index (χ0v) is 18.0. The highest BCUT2D eigenvalue weighted by Gasteiger charge is 2.23. The van der Waals surface area contributed by atoms with Gasteiger partial charge in [-0.1, -0.05) is 41.4 Å². The summed E-state index contributed by atoms with van der Waals surface area (Å²) < 4.78 is 26.9. The number of para-hydroxylation sites is 1. The van der Waals surface area contributed by atoms with E-state index in [4.69, 9.17) is 23.2 Å². The number of aryl methyl sites for hydroxylation is 1. The molecule has 0 aliphatic rings. The summed E-state index contributed by atoms with van der Waals surface area (Å²) in [5.41, 5.74) is 2.03. The van der Waals surface area contributed by atoms with Crippen molar-refractivity contribution in [2.45, 2.75) is 11.8 Å². The van der Waals surface area contributed by atoms with E-state index in [0.717, 1.165) is 9.87 Å². The third kappa shape index (κ3) is 4.56. The predicted molar refractivity (Wildman–Crippen MR) is 118 cm³/mol. The minimum absolute atomic E-state index is 0.0882. The second-order valence-corrected chi connectivity index (χ2v) is 9.17. The molecule has 0 saturated carbocycles. The van der Waals surface area contributed by atoms with Crippen LogP contribution in [0.3, 0.4) is 0 Å². The van der Waals surface area contributed by atoms with Crippen molar-refractivity contribution in [3.63, 3.8) is 0 Å². The molecule has 0 aliphatic heterocycles. The largest absolute Gasteiger partial charge is 0.322 e. The zero-order chi connectivity index (χ0) is 21.2. The molecule has 0 heterocycles. The fourth-order valence-electron chi connectivity index (χ4n) is 2.69. The van der Waals surface area contributed by atoms with Gasteiger partial charge in [-0.3, -0.25) is 9.10 Å². The van der Waals surface area contributed by atoms with Gasteiger partial charge in [0.1, 0.15) is 0 Å². The standard InChI is InChI=1S/C21H18Cl2N2O3S/c1-14-5-3-4-6-20(14)24-21(26)18-13-16(9-12-19(18)23)25(2)29(27,28)17-10-7-15(22)8-11-17/h3-13H,1-2H3,(H,24,26). The number of carbonyl (C=O) groups excluding carboxylic acids is 1. The molecule has 150 valence electrons. The molecule has 0 spiro atoms. The van der Waals surface area contributed by atoms with Gasteiger partial charge in [0.05, 0.1) is 21.2 Å². The van der Waals surface area contributed by atoms with Gasteiger partial charge < -0.3 is 5.32 Å². The topological polar surface area (TPSA) is 66.5 Å². The van der Waals surface area contributed by atoms with E-state index < -0.39 is 15.9 Å². The molecule has 3 rings (SSSR count). The third-order valence-electron chi connectivity index (χ3n) is 4.42. The normalized spacial score (nSPS) is 11.2. The van der Waals surface area contributed by atoms with Crippen molar-refractivity contribution in [1.82, 2.24) is 0 Å². The van der Waals surface area contributed by atoms with Crippen molar-refractivity contribution in [3.05, 3.63) is 87.9 Å². The molecule has 3 aromatic rings. The number of nitrogens with one attached hydrogen (secondary N) is 1. The number of anilines is 2. The number of amides is 1.